The van der Waals surface area contributed by atoms with Gasteiger partial charge in [-0.15, -0.1) is 0 Å². The van der Waals surface area contributed by atoms with E-state index in [0.29, 0.717) is 12.5 Å². The topological polar surface area (TPSA) is 22.2 Å². The summed E-state index contributed by atoms with van der Waals surface area (Å²) < 4.78 is 5.93. The molecule has 1 aliphatic rings. The summed E-state index contributed by atoms with van der Waals surface area (Å²) in [5.74, 6) is 1.43. The molecule has 0 N–H and O–H groups in total. The fraction of sp³-hybridized carbons (Fsp3) is 0.750. The summed E-state index contributed by atoms with van der Waals surface area (Å²) in [6.07, 6.45) is 5.37. The molecule has 0 fully saturated rings. The molecular weight excluding hydrogens is 264 g/mol. The molecule has 0 radical (unpaired) electrons. The Morgan fingerprint density at radius 2 is 1.67 bits per heavy atom. The Labute approximate surface area is 130 Å². The highest BCUT2D eigenvalue weighted by atomic mass is 16.5. The van der Waals surface area contributed by atoms with Gasteiger partial charge in [-0.25, -0.2) is 0 Å². The molecule has 0 spiro atoms. The highest BCUT2D eigenvalue weighted by molar-refractivity contribution is 5.16. The van der Waals surface area contributed by atoms with Crippen molar-refractivity contribution in [3.8, 4) is 0 Å². The standard InChI is InChI=1S/C16H32N4O/c1-14(8-9-17(2)3)15-12-19(6)13-16(20(15)7)21-11-10-18(4)5/h12-14H,8-11H2,1-7H3. The van der Waals surface area contributed by atoms with E-state index in [4.69, 9.17) is 4.74 Å². The number of hydrogen-bond donors (Lipinski definition) is 0. The second-order valence-corrected chi connectivity index (χ2v) is 6.39. The summed E-state index contributed by atoms with van der Waals surface area (Å²) in [5.41, 5.74) is 1.31. The minimum absolute atomic E-state index is 0.501. The SMILES string of the molecule is CC(CCN(C)C)C1=CN(C)C=C(OCCN(C)C)N1C. The maximum Gasteiger partial charge on any atom is 0.210 e. The van der Waals surface area contributed by atoms with Gasteiger partial charge in [-0.05, 0) is 47.1 Å². The molecule has 1 atom stereocenters. The van der Waals surface area contributed by atoms with Crippen LogP contribution in [0.2, 0.25) is 0 Å². The van der Waals surface area contributed by atoms with Crippen LogP contribution in [-0.4, -0.2) is 81.6 Å². The van der Waals surface area contributed by atoms with E-state index in [2.05, 4.69) is 75.0 Å². The lowest BCUT2D eigenvalue weighted by molar-refractivity contribution is 0.112. The molecule has 5 nitrogen and oxygen atoms in total. The Morgan fingerprint density at radius 1 is 1.05 bits per heavy atom. The van der Waals surface area contributed by atoms with Crippen LogP contribution in [0.1, 0.15) is 13.3 Å². The largest absolute Gasteiger partial charge is 0.476 e. The van der Waals surface area contributed by atoms with Gasteiger partial charge >= 0.3 is 0 Å². The van der Waals surface area contributed by atoms with Crippen molar-refractivity contribution in [2.45, 2.75) is 13.3 Å². The van der Waals surface area contributed by atoms with Crippen LogP contribution < -0.4 is 0 Å². The van der Waals surface area contributed by atoms with Crippen LogP contribution in [0, 0.1) is 5.92 Å². The van der Waals surface area contributed by atoms with Gasteiger partial charge in [0.15, 0.2) is 0 Å². The molecule has 1 unspecified atom stereocenters. The Balaban J connectivity index is 2.62. The molecule has 1 heterocycles. The third-order valence-corrected chi connectivity index (χ3v) is 3.67. The average molecular weight is 296 g/mol. The van der Waals surface area contributed by atoms with Crippen molar-refractivity contribution in [3.05, 3.63) is 24.0 Å². The molecular formula is C16H32N4O. The maximum atomic E-state index is 5.93. The van der Waals surface area contributed by atoms with Crippen molar-refractivity contribution in [3.63, 3.8) is 0 Å². The van der Waals surface area contributed by atoms with Gasteiger partial charge in [-0.2, -0.15) is 0 Å². The van der Waals surface area contributed by atoms with Crippen LogP contribution in [-0.2, 0) is 4.74 Å². The summed E-state index contributed by atoms with van der Waals surface area (Å²) in [5, 5.41) is 0. The van der Waals surface area contributed by atoms with Crippen molar-refractivity contribution in [2.24, 2.45) is 5.92 Å². The molecule has 0 aliphatic carbocycles. The maximum absolute atomic E-state index is 5.93. The molecule has 122 valence electrons. The minimum atomic E-state index is 0.501. The number of ether oxygens (including phenoxy) is 1. The lowest BCUT2D eigenvalue weighted by Gasteiger charge is -2.34. The average Bonchev–Trinajstić information content (AvgIpc) is 2.39. The van der Waals surface area contributed by atoms with Crippen molar-refractivity contribution in [1.29, 1.82) is 0 Å². The third kappa shape index (κ3) is 5.98. The summed E-state index contributed by atoms with van der Waals surface area (Å²) in [6, 6.07) is 0. The van der Waals surface area contributed by atoms with Gasteiger partial charge < -0.3 is 24.3 Å². The number of nitrogens with zero attached hydrogens (tertiary/aromatic N) is 4. The lowest BCUT2D eigenvalue weighted by Crippen LogP contribution is -2.32. The molecule has 0 saturated carbocycles. The monoisotopic (exact) mass is 296 g/mol. The molecule has 5 heteroatoms. The predicted octanol–water partition coefficient (Wildman–Crippen LogP) is 1.67. The van der Waals surface area contributed by atoms with E-state index >= 15 is 0 Å². The molecule has 0 saturated heterocycles. The van der Waals surface area contributed by atoms with Crippen LogP contribution >= 0.6 is 0 Å². The number of rotatable bonds is 8. The predicted molar refractivity (Wildman–Crippen MR) is 88.5 cm³/mol. The summed E-state index contributed by atoms with van der Waals surface area (Å²) in [4.78, 5) is 8.62. The molecule has 0 amide bonds. The fourth-order valence-corrected chi connectivity index (χ4v) is 2.24. The number of hydrogen-bond acceptors (Lipinski definition) is 5. The van der Waals surface area contributed by atoms with E-state index in [-0.39, 0.29) is 0 Å². The molecule has 0 aromatic heterocycles. The molecule has 1 rings (SSSR count). The highest BCUT2D eigenvalue weighted by Crippen LogP contribution is 2.26. The van der Waals surface area contributed by atoms with E-state index in [9.17, 15) is 0 Å². The van der Waals surface area contributed by atoms with Crippen molar-refractivity contribution < 1.29 is 4.74 Å². The van der Waals surface area contributed by atoms with Gasteiger partial charge in [-0.1, -0.05) is 6.92 Å². The van der Waals surface area contributed by atoms with E-state index < -0.39 is 0 Å². The van der Waals surface area contributed by atoms with Crippen LogP contribution in [0.4, 0.5) is 0 Å². The van der Waals surface area contributed by atoms with Gasteiger partial charge in [0.2, 0.25) is 5.88 Å². The quantitative estimate of drug-likeness (QED) is 0.678. The van der Waals surface area contributed by atoms with Gasteiger partial charge in [0, 0.05) is 32.5 Å². The number of allylic oxidation sites excluding steroid dienone is 1. The smallest absolute Gasteiger partial charge is 0.210 e. The van der Waals surface area contributed by atoms with Crippen LogP contribution in [0.5, 0.6) is 0 Å². The number of likely N-dealkylation sites (N-methyl/N-ethyl adjacent to an activating group) is 1. The van der Waals surface area contributed by atoms with Crippen molar-refractivity contribution >= 4 is 0 Å². The van der Waals surface area contributed by atoms with E-state index in [0.717, 1.165) is 25.4 Å². The van der Waals surface area contributed by atoms with Gasteiger partial charge in [0.05, 0.1) is 6.20 Å². The zero-order valence-electron chi connectivity index (χ0n) is 14.8. The van der Waals surface area contributed by atoms with Crippen LogP contribution in [0.25, 0.3) is 0 Å². The first-order chi connectivity index (χ1) is 9.81. The second-order valence-electron chi connectivity index (χ2n) is 6.39. The zero-order valence-corrected chi connectivity index (χ0v) is 14.8. The summed E-state index contributed by atoms with van der Waals surface area (Å²) >= 11 is 0. The van der Waals surface area contributed by atoms with Gasteiger partial charge in [0.1, 0.15) is 6.61 Å². The third-order valence-electron chi connectivity index (χ3n) is 3.67. The molecule has 21 heavy (non-hydrogen) atoms. The minimum Gasteiger partial charge on any atom is -0.476 e. The summed E-state index contributed by atoms with van der Waals surface area (Å²) in [7, 11) is 12.5. The molecule has 0 aromatic carbocycles. The van der Waals surface area contributed by atoms with E-state index in [1.54, 1.807) is 0 Å². The fourth-order valence-electron chi connectivity index (χ4n) is 2.24. The first kappa shape index (κ1) is 17.9. The molecule has 0 aromatic rings. The van der Waals surface area contributed by atoms with Crippen molar-refractivity contribution in [2.75, 3.05) is 62.0 Å². The van der Waals surface area contributed by atoms with Crippen molar-refractivity contribution in [1.82, 2.24) is 19.6 Å². The Hall–Kier alpha value is -1.20. The normalized spacial score (nSPS) is 17.2. The Morgan fingerprint density at radius 3 is 2.24 bits per heavy atom. The molecule has 0 bridgehead atoms. The lowest BCUT2D eigenvalue weighted by atomic mass is 10.0. The Kier molecular flexibility index (Phi) is 7.05. The Bertz CT molecular complexity index is 376. The molecule has 1 aliphatic heterocycles. The zero-order chi connectivity index (χ0) is 16.0. The van der Waals surface area contributed by atoms with E-state index in [1.807, 2.05) is 6.20 Å². The summed E-state index contributed by atoms with van der Waals surface area (Å²) in [6.45, 7) is 5.00. The first-order valence-corrected chi connectivity index (χ1v) is 7.62. The highest BCUT2D eigenvalue weighted by Gasteiger charge is 2.22. The second kappa shape index (κ2) is 8.29. The first-order valence-electron chi connectivity index (χ1n) is 7.62. The van der Waals surface area contributed by atoms with E-state index in [1.165, 1.54) is 5.70 Å². The van der Waals surface area contributed by atoms with Crippen LogP contribution in [0.3, 0.4) is 0 Å². The van der Waals surface area contributed by atoms with Gasteiger partial charge in [0.25, 0.3) is 0 Å². The van der Waals surface area contributed by atoms with Gasteiger partial charge in [-0.3, -0.25) is 0 Å². The van der Waals surface area contributed by atoms with Crippen LogP contribution in [0.15, 0.2) is 24.0 Å².